The summed E-state index contributed by atoms with van der Waals surface area (Å²) in [5, 5.41) is 3.85. The van der Waals surface area contributed by atoms with E-state index in [-0.39, 0.29) is 5.91 Å². The Morgan fingerprint density at radius 3 is 2.50 bits per heavy atom. The van der Waals surface area contributed by atoms with E-state index in [9.17, 15) is 4.79 Å². The number of aryl methyl sites for hydroxylation is 1. The molecule has 2 rings (SSSR count). The number of rotatable bonds is 4. The molecule has 0 spiro atoms. The zero-order valence-corrected chi connectivity index (χ0v) is 14.3. The largest absolute Gasteiger partial charge is 0.481 e. The number of hydrogen-bond donors (Lipinski definition) is 1. The number of amides is 1. The van der Waals surface area contributed by atoms with Gasteiger partial charge < -0.3 is 10.1 Å². The molecular weight excluding hydrogens is 298 g/mol. The summed E-state index contributed by atoms with van der Waals surface area (Å²) in [7, 11) is 0. The summed E-state index contributed by atoms with van der Waals surface area (Å²) in [6, 6.07) is 5.76. The van der Waals surface area contributed by atoms with Gasteiger partial charge in [-0.15, -0.1) is 0 Å². The lowest BCUT2D eigenvalue weighted by atomic mass is 9.96. The molecule has 1 N–H and O–H groups in total. The Morgan fingerprint density at radius 2 is 1.86 bits per heavy atom. The molecule has 1 aliphatic carbocycles. The third-order valence-electron chi connectivity index (χ3n) is 4.26. The van der Waals surface area contributed by atoms with Crippen LogP contribution < -0.4 is 10.1 Å². The maximum absolute atomic E-state index is 12.3. The molecular formula is C18H26ClNO2. The van der Waals surface area contributed by atoms with Gasteiger partial charge in [0.05, 0.1) is 0 Å². The van der Waals surface area contributed by atoms with Gasteiger partial charge in [0.2, 0.25) is 0 Å². The third-order valence-corrected chi connectivity index (χ3v) is 4.69. The molecule has 22 heavy (non-hydrogen) atoms. The van der Waals surface area contributed by atoms with Crippen molar-refractivity contribution in [1.29, 1.82) is 0 Å². The zero-order valence-electron chi connectivity index (χ0n) is 13.5. The third kappa shape index (κ3) is 5.20. The van der Waals surface area contributed by atoms with Crippen LogP contribution in [0.25, 0.3) is 0 Å². The topological polar surface area (TPSA) is 38.3 Å². The molecule has 1 atom stereocenters. The van der Waals surface area contributed by atoms with E-state index in [0.717, 1.165) is 18.4 Å². The SMILES string of the molecule is Cc1cc(O[C@@H](C)C(=O)NC2CCCCCCC2)ccc1Cl. The predicted octanol–water partition coefficient (Wildman–Crippen LogP) is 4.64. The average molecular weight is 324 g/mol. The van der Waals surface area contributed by atoms with Crippen LogP contribution in [-0.4, -0.2) is 18.1 Å². The fraction of sp³-hybridized carbons (Fsp3) is 0.611. The number of ether oxygens (including phenoxy) is 1. The Morgan fingerprint density at radius 1 is 1.23 bits per heavy atom. The maximum atomic E-state index is 12.3. The fourth-order valence-electron chi connectivity index (χ4n) is 2.87. The highest BCUT2D eigenvalue weighted by atomic mass is 35.5. The van der Waals surface area contributed by atoms with E-state index >= 15 is 0 Å². The van der Waals surface area contributed by atoms with Gasteiger partial charge in [-0.3, -0.25) is 4.79 Å². The summed E-state index contributed by atoms with van der Waals surface area (Å²) in [5.41, 5.74) is 0.951. The molecule has 122 valence electrons. The van der Waals surface area contributed by atoms with Gasteiger partial charge in [0, 0.05) is 11.1 Å². The van der Waals surface area contributed by atoms with E-state index in [1.807, 2.05) is 13.0 Å². The van der Waals surface area contributed by atoms with Gasteiger partial charge in [0.1, 0.15) is 5.75 Å². The van der Waals surface area contributed by atoms with Gasteiger partial charge >= 0.3 is 0 Å². The molecule has 0 heterocycles. The van der Waals surface area contributed by atoms with E-state index < -0.39 is 6.10 Å². The van der Waals surface area contributed by atoms with Gasteiger partial charge in [-0.1, -0.05) is 43.7 Å². The first-order chi connectivity index (χ1) is 10.6. The fourth-order valence-corrected chi connectivity index (χ4v) is 2.98. The Kier molecular flexibility index (Phi) is 6.56. The highest BCUT2D eigenvalue weighted by Gasteiger charge is 2.19. The van der Waals surface area contributed by atoms with Crippen LogP contribution in [0.4, 0.5) is 0 Å². The molecule has 0 saturated heterocycles. The van der Waals surface area contributed by atoms with E-state index in [2.05, 4.69) is 5.32 Å². The molecule has 1 saturated carbocycles. The Hall–Kier alpha value is -1.22. The van der Waals surface area contributed by atoms with Gasteiger partial charge in [-0.2, -0.15) is 0 Å². The molecule has 0 unspecified atom stereocenters. The summed E-state index contributed by atoms with van der Waals surface area (Å²) in [6.45, 7) is 3.72. The van der Waals surface area contributed by atoms with Crippen molar-refractivity contribution >= 4 is 17.5 Å². The quantitative estimate of drug-likeness (QED) is 0.876. The lowest BCUT2D eigenvalue weighted by molar-refractivity contribution is -0.128. The lowest BCUT2D eigenvalue weighted by Gasteiger charge is -2.23. The summed E-state index contributed by atoms with van der Waals surface area (Å²) in [6.07, 6.45) is 7.97. The molecule has 1 aromatic rings. The monoisotopic (exact) mass is 323 g/mol. The van der Waals surface area contributed by atoms with Crippen molar-refractivity contribution in [2.75, 3.05) is 0 Å². The van der Waals surface area contributed by atoms with Gasteiger partial charge in [-0.05, 0) is 50.5 Å². The van der Waals surface area contributed by atoms with Gasteiger partial charge in [-0.25, -0.2) is 0 Å². The molecule has 0 aromatic heterocycles. The first kappa shape index (κ1) is 17.1. The Bertz CT molecular complexity index is 496. The van der Waals surface area contributed by atoms with E-state index in [4.69, 9.17) is 16.3 Å². The van der Waals surface area contributed by atoms with Crippen molar-refractivity contribution < 1.29 is 9.53 Å². The van der Waals surface area contributed by atoms with Crippen LogP contribution in [0.1, 0.15) is 57.4 Å². The van der Waals surface area contributed by atoms with Crippen molar-refractivity contribution in [1.82, 2.24) is 5.32 Å². The standard InChI is InChI=1S/C18H26ClNO2/c1-13-12-16(10-11-17(13)19)22-14(2)18(21)20-15-8-6-4-3-5-7-9-15/h10-12,14-15H,3-9H2,1-2H3,(H,20,21)/t14-/m0/s1. The predicted molar refractivity (Wildman–Crippen MR) is 90.5 cm³/mol. The number of carbonyl (C=O) groups is 1. The zero-order chi connectivity index (χ0) is 15.9. The number of halogens is 1. The molecule has 1 aliphatic rings. The van der Waals surface area contributed by atoms with Gasteiger partial charge in [0.25, 0.3) is 5.91 Å². The number of carbonyl (C=O) groups excluding carboxylic acids is 1. The normalized spacial score (nSPS) is 18.1. The summed E-state index contributed by atoms with van der Waals surface area (Å²) in [5.74, 6) is 0.653. The minimum absolute atomic E-state index is 0.0295. The van der Waals surface area contributed by atoms with Crippen LogP contribution in [0, 0.1) is 6.92 Å². The summed E-state index contributed by atoms with van der Waals surface area (Å²) in [4.78, 5) is 12.3. The molecule has 3 nitrogen and oxygen atoms in total. The van der Waals surface area contributed by atoms with E-state index in [0.29, 0.717) is 16.8 Å². The highest BCUT2D eigenvalue weighted by molar-refractivity contribution is 6.31. The molecule has 1 aromatic carbocycles. The smallest absolute Gasteiger partial charge is 0.260 e. The second-order valence-electron chi connectivity index (χ2n) is 6.22. The van der Waals surface area contributed by atoms with Crippen LogP contribution in [0.3, 0.4) is 0 Å². The molecule has 0 bridgehead atoms. The van der Waals surface area contributed by atoms with E-state index in [1.165, 1.54) is 32.1 Å². The van der Waals surface area contributed by atoms with Crippen molar-refractivity contribution in [2.45, 2.75) is 70.9 Å². The summed E-state index contributed by atoms with van der Waals surface area (Å²) < 4.78 is 5.74. The second-order valence-corrected chi connectivity index (χ2v) is 6.63. The minimum Gasteiger partial charge on any atom is -0.481 e. The van der Waals surface area contributed by atoms with Gasteiger partial charge in [0.15, 0.2) is 6.10 Å². The highest BCUT2D eigenvalue weighted by Crippen LogP contribution is 2.22. The molecule has 1 fully saturated rings. The van der Waals surface area contributed by atoms with Crippen LogP contribution in [0.5, 0.6) is 5.75 Å². The number of benzene rings is 1. The second kappa shape index (κ2) is 8.42. The molecule has 0 radical (unpaired) electrons. The lowest BCUT2D eigenvalue weighted by Crippen LogP contribution is -2.42. The molecule has 4 heteroatoms. The average Bonchev–Trinajstić information content (AvgIpc) is 2.45. The number of nitrogens with one attached hydrogen (secondary N) is 1. The van der Waals surface area contributed by atoms with Crippen molar-refractivity contribution in [3.05, 3.63) is 28.8 Å². The Labute approximate surface area is 138 Å². The van der Waals surface area contributed by atoms with Crippen molar-refractivity contribution in [2.24, 2.45) is 0 Å². The van der Waals surface area contributed by atoms with Crippen LogP contribution in [0.2, 0.25) is 5.02 Å². The Balaban J connectivity index is 1.86. The maximum Gasteiger partial charge on any atom is 0.260 e. The number of hydrogen-bond acceptors (Lipinski definition) is 2. The molecule has 1 amide bonds. The first-order valence-corrected chi connectivity index (χ1v) is 8.67. The molecule has 0 aliphatic heterocycles. The van der Waals surface area contributed by atoms with Crippen molar-refractivity contribution in [3.8, 4) is 5.75 Å². The van der Waals surface area contributed by atoms with Crippen LogP contribution in [0.15, 0.2) is 18.2 Å². The summed E-state index contributed by atoms with van der Waals surface area (Å²) >= 11 is 6.00. The first-order valence-electron chi connectivity index (χ1n) is 8.29. The van der Waals surface area contributed by atoms with E-state index in [1.54, 1.807) is 19.1 Å². The van der Waals surface area contributed by atoms with Crippen LogP contribution in [-0.2, 0) is 4.79 Å². The van der Waals surface area contributed by atoms with Crippen molar-refractivity contribution in [3.63, 3.8) is 0 Å². The van der Waals surface area contributed by atoms with Crippen LogP contribution >= 0.6 is 11.6 Å². The minimum atomic E-state index is -0.494.